The van der Waals surface area contributed by atoms with E-state index in [1.54, 1.807) is 26.0 Å². The molecule has 11 heteroatoms. The van der Waals surface area contributed by atoms with E-state index in [1.165, 1.54) is 21.3 Å². The van der Waals surface area contributed by atoms with Crippen LogP contribution in [0.1, 0.15) is 50.5 Å². The van der Waals surface area contributed by atoms with Crippen molar-refractivity contribution in [1.29, 1.82) is 0 Å². The quantitative estimate of drug-likeness (QED) is 0.569. The number of carbonyl (C=O) groups is 1. The van der Waals surface area contributed by atoms with E-state index in [9.17, 15) is 22.4 Å². The number of carbonyl (C=O) groups excluding carboxylic acids is 1. The zero-order chi connectivity index (χ0) is 24.8. The summed E-state index contributed by atoms with van der Waals surface area (Å²) < 4.78 is 46.6. The zero-order valence-corrected chi connectivity index (χ0v) is 20.3. The Balaban J connectivity index is 1.82. The van der Waals surface area contributed by atoms with Gasteiger partial charge in [0.25, 0.3) is 5.91 Å². The van der Waals surface area contributed by atoms with Gasteiger partial charge in [-0.3, -0.25) is 13.9 Å². The molecule has 1 saturated heterocycles. The highest BCUT2D eigenvalue weighted by Gasteiger charge is 2.39. The van der Waals surface area contributed by atoms with E-state index in [-0.39, 0.29) is 34.7 Å². The second kappa shape index (κ2) is 8.53. The molecule has 1 fully saturated rings. The van der Waals surface area contributed by atoms with Gasteiger partial charge >= 0.3 is 5.69 Å². The van der Waals surface area contributed by atoms with Gasteiger partial charge in [0.2, 0.25) is 5.88 Å². The van der Waals surface area contributed by atoms with Crippen LogP contribution in [0.2, 0.25) is 0 Å². The summed E-state index contributed by atoms with van der Waals surface area (Å²) in [5.74, 6) is -1.03. The molecule has 182 valence electrons. The Hall–Kier alpha value is -3.21. The molecule has 3 aromatic rings. The average Bonchev–Trinajstić information content (AvgIpc) is 3.20. The van der Waals surface area contributed by atoms with Crippen LogP contribution in [0.5, 0.6) is 5.88 Å². The molecule has 4 rings (SSSR count). The molecule has 1 aliphatic rings. The summed E-state index contributed by atoms with van der Waals surface area (Å²) in [5, 5.41) is 2.83. The maximum Gasteiger partial charge on any atom is 0.334 e. The third kappa shape index (κ3) is 4.31. The van der Waals surface area contributed by atoms with Crippen molar-refractivity contribution >= 4 is 26.8 Å². The van der Waals surface area contributed by atoms with Gasteiger partial charge in [-0.25, -0.2) is 22.6 Å². The van der Waals surface area contributed by atoms with Crippen LogP contribution in [0, 0.1) is 5.82 Å². The van der Waals surface area contributed by atoms with Crippen LogP contribution >= 0.6 is 0 Å². The normalized spacial score (nSPS) is 19.6. The Morgan fingerprint density at radius 1 is 1.29 bits per heavy atom. The lowest BCUT2D eigenvalue weighted by Crippen LogP contribution is -2.46. The van der Waals surface area contributed by atoms with Gasteiger partial charge in [0, 0.05) is 17.7 Å². The number of hydrogen-bond donors (Lipinski definition) is 1. The highest BCUT2D eigenvalue weighted by Crippen LogP contribution is 2.27. The van der Waals surface area contributed by atoms with Crippen molar-refractivity contribution in [2.45, 2.75) is 45.7 Å². The van der Waals surface area contributed by atoms with Crippen molar-refractivity contribution in [2.24, 2.45) is 0 Å². The molecule has 1 aromatic carbocycles. The number of fused-ring (bicyclic) bond motifs is 1. The molecule has 9 nitrogen and oxygen atoms in total. The van der Waals surface area contributed by atoms with Crippen LogP contribution in [-0.2, 0) is 9.84 Å². The van der Waals surface area contributed by atoms with Crippen LogP contribution < -0.4 is 15.7 Å². The minimum atomic E-state index is -3.19. The first-order chi connectivity index (χ1) is 15.9. The fraction of sp³-hybridized carbons (Fsp3) is 0.435. The largest absolute Gasteiger partial charge is 0.478 e. The van der Waals surface area contributed by atoms with Crippen molar-refractivity contribution in [1.82, 2.24) is 19.4 Å². The highest BCUT2D eigenvalue weighted by atomic mass is 32.2. The van der Waals surface area contributed by atoms with Crippen LogP contribution in [0.3, 0.4) is 0 Å². The van der Waals surface area contributed by atoms with Crippen LogP contribution in [0.4, 0.5) is 4.39 Å². The number of imidazole rings is 1. The van der Waals surface area contributed by atoms with Crippen molar-refractivity contribution in [3.63, 3.8) is 0 Å². The number of pyridine rings is 1. The van der Waals surface area contributed by atoms with Crippen molar-refractivity contribution < 1.29 is 22.3 Å². The number of nitrogens with one attached hydrogen (secondary N) is 1. The molecule has 1 N–H and O–H groups in total. The van der Waals surface area contributed by atoms with Gasteiger partial charge in [-0.1, -0.05) is 0 Å². The molecule has 1 atom stereocenters. The minimum Gasteiger partial charge on any atom is -0.478 e. The second-order valence-corrected chi connectivity index (χ2v) is 11.2. The maximum atomic E-state index is 14.8. The number of nitrogens with zero attached hydrogens (tertiary/aromatic N) is 3. The molecular weight excluding hydrogens is 463 g/mol. The van der Waals surface area contributed by atoms with Crippen LogP contribution in [0.15, 0.2) is 35.3 Å². The zero-order valence-electron chi connectivity index (χ0n) is 19.5. The molecule has 2 aromatic heterocycles. The predicted molar refractivity (Wildman–Crippen MR) is 126 cm³/mol. The number of hydrogen-bond acceptors (Lipinski definition) is 6. The summed E-state index contributed by atoms with van der Waals surface area (Å²) in [6.07, 6.45) is 1.34. The first kappa shape index (κ1) is 23.9. The summed E-state index contributed by atoms with van der Waals surface area (Å²) in [5.41, 5.74) is -0.194. The minimum absolute atomic E-state index is 0.00581. The van der Waals surface area contributed by atoms with E-state index < -0.39 is 32.8 Å². The number of aromatic nitrogens is 3. The Morgan fingerprint density at radius 3 is 2.65 bits per heavy atom. The van der Waals surface area contributed by atoms with E-state index in [2.05, 4.69) is 10.3 Å². The van der Waals surface area contributed by atoms with Gasteiger partial charge < -0.3 is 10.1 Å². The van der Waals surface area contributed by atoms with Gasteiger partial charge in [0.05, 0.1) is 46.6 Å². The lowest BCUT2D eigenvalue weighted by molar-refractivity contribution is 0.0915. The molecule has 34 heavy (non-hydrogen) atoms. The molecule has 1 aliphatic heterocycles. The summed E-state index contributed by atoms with van der Waals surface area (Å²) in [7, 11) is -3.19. The smallest absolute Gasteiger partial charge is 0.334 e. The van der Waals surface area contributed by atoms with Crippen LogP contribution in [-0.4, -0.2) is 52.1 Å². The molecule has 3 heterocycles. The molecule has 0 bridgehead atoms. The maximum absolute atomic E-state index is 14.8. The number of halogens is 1. The second-order valence-electron chi connectivity index (χ2n) is 9.05. The molecule has 0 radical (unpaired) electrons. The molecule has 0 unspecified atom stereocenters. The Labute approximate surface area is 196 Å². The standard InChI is InChI=1S/C23H27FN4O5S/c1-5-33-20-11-18(16(24)12-25-20)28-17-7-6-15(10-19(17)27(14(2)3)22(28)30)21(29)26-23(4)8-9-34(31,32)13-23/h6-7,10-12,14H,5,8-9,13H2,1-4H3,(H,26,29)/t23-/m0/s1. The Kier molecular flexibility index (Phi) is 6.01. The predicted octanol–water partition coefficient (Wildman–Crippen LogP) is 2.61. The number of amides is 1. The average molecular weight is 491 g/mol. The monoisotopic (exact) mass is 490 g/mol. The van der Waals surface area contributed by atoms with E-state index >= 15 is 0 Å². The fourth-order valence-electron chi connectivity index (χ4n) is 4.36. The van der Waals surface area contributed by atoms with E-state index in [1.807, 2.05) is 13.8 Å². The molecule has 0 spiro atoms. The van der Waals surface area contributed by atoms with E-state index in [0.29, 0.717) is 24.1 Å². The summed E-state index contributed by atoms with van der Waals surface area (Å²) >= 11 is 0. The number of benzene rings is 1. The van der Waals surface area contributed by atoms with E-state index in [0.717, 1.165) is 6.20 Å². The SMILES string of the molecule is CCOc1cc(-n2c(=O)n(C(C)C)c3cc(C(=O)N[C@@]4(C)CCS(=O)(=O)C4)ccc32)c(F)cn1. The number of sulfone groups is 1. The lowest BCUT2D eigenvalue weighted by Gasteiger charge is -2.24. The highest BCUT2D eigenvalue weighted by molar-refractivity contribution is 7.91. The summed E-state index contributed by atoms with van der Waals surface area (Å²) in [6.45, 7) is 7.44. The van der Waals surface area contributed by atoms with Gasteiger partial charge in [0.15, 0.2) is 15.7 Å². The fourth-order valence-corrected chi connectivity index (χ4v) is 6.45. The number of ether oxygens (including phenoxy) is 1. The molecule has 1 amide bonds. The van der Waals surface area contributed by atoms with Gasteiger partial charge in [0.1, 0.15) is 0 Å². The first-order valence-electron chi connectivity index (χ1n) is 11.0. The Morgan fingerprint density at radius 2 is 2.03 bits per heavy atom. The molecule has 0 saturated carbocycles. The van der Waals surface area contributed by atoms with Crippen molar-refractivity contribution in [2.75, 3.05) is 18.1 Å². The first-order valence-corrected chi connectivity index (χ1v) is 12.9. The molecular formula is C23H27FN4O5S. The van der Waals surface area contributed by atoms with Crippen LogP contribution in [0.25, 0.3) is 16.7 Å². The van der Waals surface area contributed by atoms with E-state index in [4.69, 9.17) is 4.74 Å². The Bertz CT molecular complexity index is 1440. The van der Waals surface area contributed by atoms with Crippen molar-refractivity contribution in [3.8, 4) is 11.6 Å². The van der Waals surface area contributed by atoms with Gasteiger partial charge in [-0.15, -0.1) is 0 Å². The topological polar surface area (TPSA) is 112 Å². The van der Waals surface area contributed by atoms with Gasteiger partial charge in [-0.05, 0) is 52.3 Å². The summed E-state index contributed by atoms with van der Waals surface area (Å²) in [6, 6.07) is 5.78. The molecule has 0 aliphatic carbocycles. The summed E-state index contributed by atoms with van der Waals surface area (Å²) in [4.78, 5) is 30.2. The van der Waals surface area contributed by atoms with Crippen molar-refractivity contribution in [3.05, 3.63) is 52.3 Å². The number of rotatable bonds is 6. The van der Waals surface area contributed by atoms with Gasteiger partial charge in [-0.2, -0.15) is 0 Å². The third-order valence-corrected chi connectivity index (χ3v) is 7.82. The lowest BCUT2D eigenvalue weighted by atomic mass is 10.0. The third-order valence-electron chi connectivity index (χ3n) is 5.91.